The van der Waals surface area contributed by atoms with Gasteiger partial charge in [0.25, 0.3) is 0 Å². The fraction of sp³-hybridized carbons (Fsp3) is 0.360. The van der Waals surface area contributed by atoms with Crippen molar-refractivity contribution >= 4 is 55.2 Å². The van der Waals surface area contributed by atoms with E-state index in [9.17, 15) is 4.79 Å². The molecule has 168 valence electrons. The molecule has 0 bridgehead atoms. The summed E-state index contributed by atoms with van der Waals surface area (Å²) in [6.07, 6.45) is 2.64. The second-order valence-corrected chi connectivity index (χ2v) is 9.50. The van der Waals surface area contributed by atoms with Gasteiger partial charge >= 0.3 is 5.97 Å². The number of carbonyl (C=O) groups excluding carboxylic acids is 1. The molecule has 0 saturated heterocycles. The molecule has 7 heteroatoms. The molecule has 4 aromatic rings. The van der Waals surface area contributed by atoms with Gasteiger partial charge in [0, 0.05) is 28.2 Å². The number of anilines is 1. The van der Waals surface area contributed by atoms with Crippen molar-refractivity contribution in [3.63, 3.8) is 0 Å². The minimum Gasteiger partial charge on any atom is -0.468 e. The maximum atomic E-state index is 12.6. The van der Waals surface area contributed by atoms with Crippen molar-refractivity contribution in [1.29, 1.82) is 0 Å². The third-order valence-corrected chi connectivity index (χ3v) is 7.34. The molecule has 5 rings (SSSR count). The van der Waals surface area contributed by atoms with Crippen LogP contribution in [-0.2, 0) is 16.1 Å². The fourth-order valence-corrected chi connectivity index (χ4v) is 5.24. The molecule has 1 unspecified atom stereocenters. The largest absolute Gasteiger partial charge is 0.468 e. The van der Waals surface area contributed by atoms with Crippen molar-refractivity contribution < 1.29 is 9.53 Å². The highest BCUT2D eigenvalue weighted by Gasteiger charge is 2.35. The molecule has 1 N–H and O–H groups in total. The molecule has 0 aliphatic carbocycles. The summed E-state index contributed by atoms with van der Waals surface area (Å²) in [5, 5.41) is 2.56. The topological polar surface area (TPSA) is 58.2 Å². The number of halogens is 1. The van der Waals surface area contributed by atoms with E-state index in [1.807, 2.05) is 30.3 Å². The van der Waals surface area contributed by atoms with Crippen LogP contribution in [0.1, 0.15) is 49.4 Å². The molecule has 0 spiro atoms. The van der Waals surface area contributed by atoms with Gasteiger partial charge in [0.2, 0.25) is 0 Å². The number of aromatic amines is 1. The van der Waals surface area contributed by atoms with Gasteiger partial charge in [0.15, 0.2) is 5.13 Å². The number of ether oxygens (including phenoxy) is 1. The maximum absolute atomic E-state index is 12.6. The molecule has 1 aliphatic rings. The number of rotatable bonds is 3. The van der Waals surface area contributed by atoms with Crippen LogP contribution in [0.25, 0.3) is 21.1 Å². The summed E-state index contributed by atoms with van der Waals surface area (Å²) in [5.74, 6) is -0.641. The van der Waals surface area contributed by atoms with E-state index < -0.39 is 5.92 Å². The number of benzene rings is 2. The van der Waals surface area contributed by atoms with Gasteiger partial charge in [-0.05, 0) is 42.3 Å². The van der Waals surface area contributed by atoms with Gasteiger partial charge < -0.3 is 14.6 Å². The smallest absolute Gasteiger partial charge is 0.315 e. The summed E-state index contributed by atoms with van der Waals surface area (Å²) in [6, 6.07) is 11.9. The number of aryl methyl sites for hydroxylation is 1. The SMILES string of the molecule is CCCC.COC(=O)C1CN(c2nc3cccc(C)c3s2)Cc2[nH]c3ccc(Cl)cc3c21. The van der Waals surface area contributed by atoms with Gasteiger partial charge in [-0.3, -0.25) is 4.79 Å². The summed E-state index contributed by atoms with van der Waals surface area (Å²) >= 11 is 7.88. The number of thiazole rings is 1. The van der Waals surface area contributed by atoms with Crippen LogP contribution in [0.2, 0.25) is 5.02 Å². The van der Waals surface area contributed by atoms with E-state index >= 15 is 0 Å². The van der Waals surface area contributed by atoms with Crippen molar-refractivity contribution in [2.75, 3.05) is 18.6 Å². The number of hydrogen-bond donors (Lipinski definition) is 1. The molecule has 2 aromatic carbocycles. The lowest BCUT2D eigenvalue weighted by Crippen LogP contribution is -2.37. The quantitative estimate of drug-likeness (QED) is 0.334. The molecule has 32 heavy (non-hydrogen) atoms. The van der Waals surface area contributed by atoms with Gasteiger partial charge in [-0.2, -0.15) is 0 Å². The van der Waals surface area contributed by atoms with Crippen LogP contribution < -0.4 is 4.90 Å². The molecule has 0 amide bonds. The molecular formula is C25H28ClN3O2S. The summed E-state index contributed by atoms with van der Waals surface area (Å²) in [7, 11) is 1.43. The first-order chi connectivity index (χ1) is 15.5. The number of nitrogens with one attached hydrogen (secondary N) is 1. The lowest BCUT2D eigenvalue weighted by molar-refractivity contribution is -0.142. The van der Waals surface area contributed by atoms with Gasteiger partial charge in [-0.1, -0.05) is 61.8 Å². The Kier molecular flexibility index (Phi) is 6.72. The van der Waals surface area contributed by atoms with Crippen LogP contribution in [0.5, 0.6) is 0 Å². The summed E-state index contributed by atoms with van der Waals surface area (Å²) in [6.45, 7) is 7.64. The standard InChI is InChI=1S/C21H18ClN3O2S.C4H10/c1-11-4-3-5-16-19(11)28-21(24-16)25-9-14(20(26)27-2)18-13-8-12(22)6-7-15(13)23-17(18)10-25;1-3-4-2/h3-8,14,23H,9-10H2,1-2H3;3-4H2,1-2H3. The molecule has 0 radical (unpaired) electrons. The van der Waals surface area contributed by atoms with E-state index in [1.165, 1.54) is 30.2 Å². The maximum Gasteiger partial charge on any atom is 0.315 e. The third-order valence-electron chi connectivity index (χ3n) is 5.84. The molecule has 2 aromatic heterocycles. The second kappa shape index (κ2) is 9.51. The van der Waals surface area contributed by atoms with E-state index in [4.69, 9.17) is 21.3 Å². The van der Waals surface area contributed by atoms with Gasteiger partial charge in [-0.25, -0.2) is 4.98 Å². The van der Waals surface area contributed by atoms with Crippen molar-refractivity contribution in [2.24, 2.45) is 0 Å². The first-order valence-electron chi connectivity index (χ1n) is 11.0. The first-order valence-corrected chi connectivity index (χ1v) is 12.1. The fourth-order valence-electron chi connectivity index (χ4n) is 4.02. The zero-order chi connectivity index (χ0) is 22.8. The molecule has 5 nitrogen and oxygen atoms in total. The van der Waals surface area contributed by atoms with Crippen LogP contribution in [0.3, 0.4) is 0 Å². The minimum absolute atomic E-state index is 0.246. The Hall–Kier alpha value is -2.57. The first kappa shape index (κ1) is 22.6. The van der Waals surface area contributed by atoms with Crippen molar-refractivity contribution in [3.8, 4) is 0 Å². The number of methoxy groups -OCH3 is 1. The minimum atomic E-state index is -0.394. The Bertz CT molecular complexity index is 1260. The second-order valence-electron chi connectivity index (χ2n) is 8.08. The van der Waals surface area contributed by atoms with E-state index in [-0.39, 0.29) is 5.97 Å². The molecule has 0 saturated carbocycles. The van der Waals surface area contributed by atoms with E-state index in [0.29, 0.717) is 18.1 Å². The lowest BCUT2D eigenvalue weighted by atomic mass is 9.92. The van der Waals surface area contributed by atoms with Crippen LogP contribution in [-0.4, -0.2) is 29.6 Å². The Morgan fingerprint density at radius 3 is 2.75 bits per heavy atom. The van der Waals surface area contributed by atoms with E-state index in [1.54, 1.807) is 11.3 Å². The molecular weight excluding hydrogens is 442 g/mol. The van der Waals surface area contributed by atoms with Crippen LogP contribution in [0, 0.1) is 6.92 Å². The summed E-state index contributed by atoms with van der Waals surface area (Å²) in [4.78, 5) is 23.1. The normalized spacial score (nSPS) is 15.4. The number of H-pyrrole nitrogens is 1. The number of esters is 1. The Morgan fingerprint density at radius 1 is 1.28 bits per heavy atom. The van der Waals surface area contributed by atoms with Crippen LogP contribution in [0.15, 0.2) is 36.4 Å². The predicted molar refractivity (Wildman–Crippen MR) is 134 cm³/mol. The number of unbranched alkanes of at least 4 members (excludes halogenated alkanes) is 1. The van der Waals surface area contributed by atoms with E-state index in [2.05, 4.69) is 36.7 Å². The molecule has 1 aliphatic heterocycles. The van der Waals surface area contributed by atoms with Crippen molar-refractivity contribution in [1.82, 2.24) is 9.97 Å². The van der Waals surface area contributed by atoms with Crippen molar-refractivity contribution in [2.45, 2.75) is 46.1 Å². The van der Waals surface area contributed by atoms with Crippen molar-refractivity contribution in [3.05, 3.63) is 58.2 Å². The predicted octanol–water partition coefficient (Wildman–Crippen LogP) is 6.82. The van der Waals surface area contributed by atoms with Gasteiger partial charge in [0.05, 0.1) is 23.9 Å². The monoisotopic (exact) mass is 469 g/mol. The average Bonchev–Trinajstić information content (AvgIpc) is 3.40. The molecule has 1 atom stereocenters. The Morgan fingerprint density at radius 2 is 2.06 bits per heavy atom. The summed E-state index contributed by atoms with van der Waals surface area (Å²) < 4.78 is 6.31. The zero-order valence-corrected chi connectivity index (χ0v) is 20.4. The van der Waals surface area contributed by atoms with Gasteiger partial charge in [0.1, 0.15) is 5.92 Å². The van der Waals surface area contributed by atoms with E-state index in [0.717, 1.165) is 32.8 Å². The average molecular weight is 470 g/mol. The number of hydrogen-bond acceptors (Lipinski definition) is 5. The van der Waals surface area contributed by atoms with Crippen LogP contribution in [0.4, 0.5) is 5.13 Å². The number of carbonyl (C=O) groups is 1. The Balaban J connectivity index is 0.000000567. The highest BCUT2D eigenvalue weighted by molar-refractivity contribution is 7.22. The highest BCUT2D eigenvalue weighted by atomic mass is 35.5. The van der Waals surface area contributed by atoms with Gasteiger partial charge in [-0.15, -0.1) is 0 Å². The van der Waals surface area contributed by atoms with Crippen LogP contribution >= 0.6 is 22.9 Å². The lowest BCUT2D eigenvalue weighted by Gasteiger charge is -2.31. The summed E-state index contributed by atoms with van der Waals surface area (Å²) in [5.41, 5.74) is 5.17. The highest BCUT2D eigenvalue weighted by Crippen LogP contribution is 2.40. The Labute approximate surface area is 197 Å². The number of fused-ring (bicyclic) bond motifs is 4. The number of nitrogens with zero attached hydrogens (tertiary/aromatic N) is 2. The molecule has 0 fully saturated rings. The number of aromatic nitrogens is 2. The zero-order valence-electron chi connectivity index (χ0n) is 18.9. The molecule has 3 heterocycles. The third kappa shape index (κ3) is 4.21.